The van der Waals surface area contributed by atoms with Crippen LogP contribution in [0.1, 0.15) is 45.1 Å². The molecular formula is C24H31NO3. The van der Waals surface area contributed by atoms with Crippen molar-refractivity contribution < 1.29 is 14.6 Å². The molecule has 1 heterocycles. The SMILES string of the molecule is CC(C)[C@H]1CC[C@@H](Oc2ccc3cc(CN4CC(C(=O)O)C4)ccc3c2)CC1. The Morgan fingerprint density at radius 1 is 1.07 bits per heavy atom. The van der Waals surface area contributed by atoms with Gasteiger partial charge in [-0.2, -0.15) is 0 Å². The molecule has 1 aliphatic carbocycles. The molecule has 1 N–H and O–H groups in total. The number of carbonyl (C=O) groups is 1. The van der Waals surface area contributed by atoms with Crippen molar-refractivity contribution in [3.8, 4) is 5.75 Å². The van der Waals surface area contributed by atoms with E-state index in [1.165, 1.54) is 29.2 Å². The van der Waals surface area contributed by atoms with Crippen molar-refractivity contribution in [2.24, 2.45) is 17.8 Å². The molecule has 0 atom stereocenters. The molecule has 0 bridgehead atoms. The van der Waals surface area contributed by atoms with Gasteiger partial charge in [0.25, 0.3) is 0 Å². The van der Waals surface area contributed by atoms with Gasteiger partial charge in [-0.1, -0.05) is 32.0 Å². The Balaban J connectivity index is 1.35. The standard InChI is InChI=1S/C24H31NO3/c1-16(2)18-5-8-22(9-6-18)28-23-10-7-19-11-17(3-4-20(19)12-23)13-25-14-21(15-25)24(26)27/h3-4,7,10-12,16,18,21-22H,5-6,8-9,13-15H2,1-2H3,(H,26,27)/t18-,22+. The first kappa shape index (κ1) is 19.3. The zero-order valence-electron chi connectivity index (χ0n) is 16.9. The Morgan fingerprint density at radius 2 is 1.75 bits per heavy atom. The number of fused-ring (bicyclic) bond motifs is 1. The molecule has 1 aliphatic heterocycles. The highest BCUT2D eigenvalue weighted by atomic mass is 16.5. The van der Waals surface area contributed by atoms with E-state index in [0.717, 1.165) is 37.0 Å². The zero-order valence-corrected chi connectivity index (χ0v) is 16.9. The molecule has 28 heavy (non-hydrogen) atoms. The number of likely N-dealkylation sites (tertiary alicyclic amines) is 1. The van der Waals surface area contributed by atoms with Crippen molar-refractivity contribution in [3.63, 3.8) is 0 Å². The lowest BCUT2D eigenvalue weighted by Gasteiger charge is -2.36. The summed E-state index contributed by atoms with van der Waals surface area (Å²) in [6, 6.07) is 12.9. The number of benzene rings is 2. The van der Waals surface area contributed by atoms with Crippen LogP contribution in [0.5, 0.6) is 5.75 Å². The van der Waals surface area contributed by atoms with Crippen LogP contribution in [0.2, 0.25) is 0 Å². The molecule has 150 valence electrons. The predicted molar refractivity (Wildman–Crippen MR) is 112 cm³/mol. The fourth-order valence-electron chi connectivity index (χ4n) is 4.62. The summed E-state index contributed by atoms with van der Waals surface area (Å²) in [5, 5.41) is 11.4. The van der Waals surface area contributed by atoms with Crippen molar-refractivity contribution in [3.05, 3.63) is 42.0 Å². The van der Waals surface area contributed by atoms with E-state index in [1.807, 2.05) is 0 Å². The van der Waals surface area contributed by atoms with Crippen LogP contribution in [-0.2, 0) is 11.3 Å². The van der Waals surface area contributed by atoms with Crippen LogP contribution in [0.3, 0.4) is 0 Å². The normalized spacial score (nSPS) is 23.7. The first-order chi connectivity index (χ1) is 13.5. The number of aliphatic carboxylic acids is 1. The Labute approximate surface area is 167 Å². The van der Waals surface area contributed by atoms with Gasteiger partial charge >= 0.3 is 5.97 Å². The van der Waals surface area contributed by atoms with Crippen LogP contribution in [-0.4, -0.2) is 35.2 Å². The fraction of sp³-hybridized carbons (Fsp3) is 0.542. The number of rotatable bonds is 6. The van der Waals surface area contributed by atoms with Crippen molar-refractivity contribution in [1.82, 2.24) is 4.90 Å². The van der Waals surface area contributed by atoms with Crippen LogP contribution < -0.4 is 4.74 Å². The summed E-state index contributed by atoms with van der Waals surface area (Å²) in [7, 11) is 0. The lowest BCUT2D eigenvalue weighted by molar-refractivity contribution is -0.147. The number of carboxylic acids is 1. The fourth-order valence-corrected chi connectivity index (χ4v) is 4.62. The smallest absolute Gasteiger partial charge is 0.309 e. The van der Waals surface area contributed by atoms with Crippen LogP contribution in [0.25, 0.3) is 10.8 Å². The minimum atomic E-state index is -0.681. The van der Waals surface area contributed by atoms with Gasteiger partial charge < -0.3 is 9.84 Å². The Hall–Kier alpha value is -2.07. The first-order valence-corrected chi connectivity index (χ1v) is 10.6. The van der Waals surface area contributed by atoms with Crippen LogP contribution in [0, 0.1) is 17.8 Å². The molecule has 4 rings (SSSR count). The summed E-state index contributed by atoms with van der Waals surface area (Å²) in [6.07, 6.45) is 5.22. The van der Waals surface area contributed by atoms with E-state index >= 15 is 0 Å². The summed E-state index contributed by atoms with van der Waals surface area (Å²) >= 11 is 0. The average Bonchev–Trinajstić information content (AvgIpc) is 2.64. The highest BCUT2D eigenvalue weighted by Gasteiger charge is 2.32. The van der Waals surface area contributed by atoms with Gasteiger partial charge in [-0.3, -0.25) is 9.69 Å². The third-order valence-corrected chi connectivity index (χ3v) is 6.55. The second kappa shape index (κ2) is 8.12. The maximum atomic E-state index is 10.9. The summed E-state index contributed by atoms with van der Waals surface area (Å²) in [5.41, 5.74) is 1.23. The van der Waals surface area contributed by atoms with Crippen LogP contribution in [0.4, 0.5) is 0 Å². The molecule has 0 radical (unpaired) electrons. The molecule has 4 nitrogen and oxygen atoms in total. The van der Waals surface area contributed by atoms with E-state index in [2.05, 4.69) is 55.1 Å². The minimum absolute atomic E-state index is 0.198. The number of carboxylic acid groups (broad SMARTS) is 1. The molecule has 4 heteroatoms. The van der Waals surface area contributed by atoms with Gasteiger partial charge in [0.2, 0.25) is 0 Å². The quantitative estimate of drug-likeness (QED) is 0.769. The van der Waals surface area contributed by atoms with Gasteiger partial charge in [0.15, 0.2) is 0 Å². The monoisotopic (exact) mass is 381 g/mol. The van der Waals surface area contributed by atoms with Gasteiger partial charge in [0.05, 0.1) is 12.0 Å². The summed E-state index contributed by atoms with van der Waals surface area (Å²) in [4.78, 5) is 13.1. The Kier molecular flexibility index (Phi) is 5.58. The van der Waals surface area contributed by atoms with Gasteiger partial charge in [0, 0.05) is 19.6 Å². The number of ether oxygens (including phenoxy) is 1. The van der Waals surface area contributed by atoms with Gasteiger partial charge in [-0.05, 0) is 72.1 Å². The van der Waals surface area contributed by atoms with E-state index in [9.17, 15) is 4.79 Å². The lowest BCUT2D eigenvalue weighted by atomic mass is 9.80. The molecule has 2 fully saturated rings. The van der Waals surface area contributed by atoms with Crippen molar-refractivity contribution >= 4 is 16.7 Å². The maximum Gasteiger partial charge on any atom is 0.309 e. The predicted octanol–water partition coefficient (Wildman–Crippen LogP) is 4.95. The second-order valence-electron chi connectivity index (χ2n) is 8.97. The van der Waals surface area contributed by atoms with Crippen LogP contribution >= 0.6 is 0 Å². The summed E-state index contributed by atoms with van der Waals surface area (Å²) < 4.78 is 6.28. The van der Waals surface area contributed by atoms with Gasteiger partial charge in [-0.25, -0.2) is 0 Å². The van der Waals surface area contributed by atoms with E-state index in [4.69, 9.17) is 9.84 Å². The molecular weight excluding hydrogens is 350 g/mol. The largest absolute Gasteiger partial charge is 0.490 e. The van der Waals surface area contributed by atoms with E-state index in [0.29, 0.717) is 19.2 Å². The Morgan fingerprint density at radius 3 is 2.43 bits per heavy atom. The highest BCUT2D eigenvalue weighted by molar-refractivity contribution is 5.84. The molecule has 0 amide bonds. The zero-order chi connectivity index (χ0) is 19.7. The second-order valence-corrected chi connectivity index (χ2v) is 8.97. The maximum absolute atomic E-state index is 10.9. The van der Waals surface area contributed by atoms with Crippen LogP contribution in [0.15, 0.2) is 36.4 Å². The first-order valence-electron chi connectivity index (χ1n) is 10.6. The van der Waals surface area contributed by atoms with E-state index in [1.54, 1.807) is 0 Å². The molecule has 2 aliphatic rings. The number of hydrogen-bond acceptors (Lipinski definition) is 3. The molecule has 1 saturated heterocycles. The van der Waals surface area contributed by atoms with Crippen molar-refractivity contribution in [1.29, 1.82) is 0 Å². The van der Waals surface area contributed by atoms with Gasteiger partial charge in [0.1, 0.15) is 5.75 Å². The molecule has 0 aromatic heterocycles. The molecule has 2 aromatic carbocycles. The highest BCUT2D eigenvalue weighted by Crippen LogP contribution is 2.33. The number of nitrogens with zero attached hydrogens (tertiary/aromatic N) is 1. The van der Waals surface area contributed by atoms with Crippen molar-refractivity contribution in [2.75, 3.05) is 13.1 Å². The van der Waals surface area contributed by atoms with E-state index < -0.39 is 5.97 Å². The Bertz CT molecular complexity index is 833. The van der Waals surface area contributed by atoms with E-state index in [-0.39, 0.29) is 5.92 Å². The van der Waals surface area contributed by atoms with Crippen molar-refractivity contribution in [2.45, 2.75) is 52.2 Å². The molecule has 0 spiro atoms. The average molecular weight is 382 g/mol. The van der Waals surface area contributed by atoms with Gasteiger partial charge in [-0.15, -0.1) is 0 Å². The molecule has 2 aromatic rings. The third-order valence-electron chi connectivity index (χ3n) is 6.55. The summed E-state index contributed by atoms with van der Waals surface area (Å²) in [5.74, 6) is 1.73. The molecule has 1 saturated carbocycles. The minimum Gasteiger partial charge on any atom is -0.490 e. The summed E-state index contributed by atoms with van der Waals surface area (Å²) in [6.45, 7) is 6.78. The molecule has 0 unspecified atom stereocenters. The third kappa shape index (κ3) is 4.33. The number of hydrogen-bond donors (Lipinski definition) is 1. The lowest BCUT2D eigenvalue weighted by Crippen LogP contribution is -2.49. The topological polar surface area (TPSA) is 49.8 Å².